The Bertz CT molecular complexity index is 324. The number of hydrazine groups is 1. The zero-order valence-corrected chi connectivity index (χ0v) is 10.5. The first kappa shape index (κ1) is 11.6. The molecule has 0 saturated carbocycles. The summed E-state index contributed by atoms with van der Waals surface area (Å²) in [5.74, 6) is 1.09. The molecular formula is C12H22N4. The van der Waals surface area contributed by atoms with E-state index in [1.807, 2.05) is 19.4 Å². The van der Waals surface area contributed by atoms with Crippen molar-refractivity contribution in [2.75, 3.05) is 0 Å². The van der Waals surface area contributed by atoms with Crippen molar-refractivity contribution in [2.24, 2.45) is 7.05 Å². The Labute approximate surface area is 97.6 Å². The molecule has 2 atom stereocenters. The predicted octanol–water partition coefficient (Wildman–Crippen LogP) is 1.69. The van der Waals surface area contributed by atoms with Crippen LogP contribution in [0.25, 0.3) is 0 Å². The Kier molecular flexibility index (Phi) is 3.61. The number of nitrogens with zero attached hydrogens (tertiary/aromatic N) is 3. The molecule has 2 rings (SSSR count). The Morgan fingerprint density at radius 2 is 2.06 bits per heavy atom. The van der Waals surface area contributed by atoms with Crippen molar-refractivity contribution in [3.05, 3.63) is 18.2 Å². The van der Waals surface area contributed by atoms with E-state index in [1.165, 1.54) is 19.3 Å². The van der Waals surface area contributed by atoms with Crippen LogP contribution < -0.4 is 5.43 Å². The molecule has 4 nitrogen and oxygen atoms in total. The highest BCUT2D eigenvalue weighted by Crippen LogP contribution is 2.20. The second-order valence-corrected chi connectivity index (χ2v) is 4.83. The second kappa shape index (κ2) is 4.97. The minimum absolute atomic E-state index is 0.629. The number of piperidine rings is 1. The van der Waals surface area contributed by atoms with Crippen LogP contribution in [0.2, 0.25) is 0 Å². The number of hydrogen-bond acceptors (Lipinski definition) is 3. The third kappa shape index (κ3) is 2.44. The second-order valence-electron chi connectivity index (χ2n) is 4.83. The van der Waals surface area contributed by atoms with Crippen LogP contribution in [0, 0.1) is 0 Å². The van der Waals surface area contributed by atoms with Gasteiger partial charge in [-0.15, -0.1) is 0 Å². The monoisotopic (exact) mass is 222 g/mol. The number of hydrogen-bond donors (Lipinski definition) is 1. The molecule has 0 aliphatic carbocycles. The van der Waals surface area contributed by atoms with E-state index in [4.69, 9.17) is 0 Å². The first-order chi connectivity index (χ1) is 7.68. The first-order valence-corrected chi connectivity index (χ1v) is 6.16. The summed E-state index contributed by atoms with van der Waals surface area (Å²) in [6.07, 6.45) is 7.76. The van der Waals surface area contributed by atoms with Crippen molar-refractivity contribution in [3.8, 4) is 0 Å². The lowest BCUT2D eigenvalue weighted by molar-refractivity contribution is 0.0423. The van der Waals surface area contributed by atoms with Gasteiger partial charge in [0.1, 0.15) is 5.82 Å². The van der Waals surface area contributed by atoms with E-state index in [-0.39, 0.29) is 0 Å². The third-order valence-electron chi connectivity index (χ3n) is 3.53. The van der Waals surface area contributed by atoms with Crippen LogP contribution in [-0.4, -0.2) is 26.6 Å². The van der Waals surface area contributed by atoms with Crippen LogP contribution >= 0.6 is 0 Å². The summed E-state index contributed by atoms with van der Waals surface area (Å²) in [6, 6.07) is 1.26. The van der Waals surface area contributed by atoms with Crippen LogP contribution in [0.1, 0.15) is 38.9 Å². The van der Waals surface area contributed by atoms with Gasteiger partial charge in [0.25, 0.3) is 0 Å². The summed E-state index contributed by atoms with van der Waals surface area (Å²) in [6.45, 7) is 5.40. The molecule has 2 unspecified atom stereocenters. The van der Waals surface area contributed by atoms with Crippen LogP contribution in [0.3, 0.4) is 0 Å². The lowest BCUT2D eigenvalue weighted by Crippen LogP contribution is -2.51. The fourth-order valence-electron chi connectivity index (χ4n) is 2.46. The van der Waals surface area contributed by atoms with E-state index in [1.54, 1.807) is 0 Å². The van der Waals surface area contributed by atoms with E-state index in [0.717, 1.165) is 12.4 Å². The van der Waals surface area contributed by atoms with E-state index < -0.39 is 0 Å². The van der Waals surface area contributed by atoms with Crippen LogP contribution in [0.5, 0.6) is 0 Å². The Hall–Kier alpha value is -0.870. The molecule has 90 valence electrons. The summed E-state index contributed by atoms with van der Waals surface area (Å²) in [5, 5.41) is 2.39. The van der Waals surface area contributed by atoms with Crippen LogP contribution in [-0.2, 0) is 13.6 Å². The number of imidazole rings is 1. The average molecular weight is 222 g/mol. The molecule has 1 N–H and O–H groups in total. The summed E-state index contributed by atoms with van der Waals surface area (Å²) >= 11 is 0. The van der Waals surface area contributed by atoms with Gasteiger partial charge in [0.2, 0.25) is 0 Å². The smallest absolute Gasteiger partial charge is 0.123 e. The topological polar surface area (TPSA) is 33.1 Å². The standard InChI is InChI=1S/C12H22N4/c1-10-5-4-6-11(2)16(10)14-9-12-13-7-8-15(12)3/h7-8,10-11,14H,4-6,9H2,1-3H3. The quantitative estimate of drug-likeness (QED) is 0.845. The van der Waals surface area contributed by atoms with Gasteiger partial charge in [-0.1, -0.05) is 6.42 Å². The third-order valence-corrected chi connectivity index (χ3v) is 3.53. The van der Waals surface area contributed by atoms with Crippen molar-refractivity contribution in [3.63, 3.8) is 0 Å². The largest absolute Gasteiger partial charge is 0.337 e. The minimum Gasteiger partial charge on any atom is -0.337 e. The lowest BCUT2D eigenvalue weighted by atomic mass is 10.00. The van der Waals surface area contributed by atoms with E-state index >= 15 is 0 Å². The highest BCUT2D eigenvalue weighted by Gasteiger charge is 2.24. The number of aryl methyl sites for hydroxylation is 1. The van der Waals surface area contributed by atoms with Gasteiger partial charge in [0.15, 0.2) is 0 Å². The van der Waals surface area contributed by atoms with Crippen molar-refractivity contribution in [2.45, 2.75) is 51.7 Å². The molecule has 4 heteroatoms. The fraction of sp³-hybridized carbons (Fsp3) is 0.750. The maximum absolute atomic E-state index is 4.32. The van der Waals surface area contributed by atoms with Gasteiger partial charge in [0, 0.05) is 31.5 Å². The van der Waals surface area contributed by atoms with Gasteiger partial charge in [-0.2, -0.15) is 0 Å². The van der Waals surface area contributed by atoms with Crippen LogP contribution in [0.4, 0.5) is 0 Å². The molecule has 1 aliphatic rings. The average Bonchev–Trinajstić information content (AvgIpc) is 2.64. The SMILES string of the molecule is CC1CCCC(C)N1NCc1nccn1C. The number of aromatic nitrogens is 2. The summed E-state index contributed by atoms with van der Waals surface area (Å²) in [5.41, 5.74) is 3.51. The van der Waals surface area contributed by atoms with Gasteiger partial charge in [-0.25, -0.2) is 15.4 Å². The number of rotatable bonds is 3. The molecule has 0 bridgehead atoms. The maximum atomic E-state index is 4.32. The van der Waals surface area contributed by atoms with Crippen molar-refractivity contribution in [1.82, 2.24) is 20.0 Å². The highest BCUT2D eigenvalue weighted by molar-refractivity contribution is 4.90. The van der Waals surface area contributed by atoms with Crippen LogP contribution in [0.15, 0.2) is 12.4 Å². The fourth-order valence-corrected chi connectivity index (χ4v) is 2.46. The predicted molar refractivity (Wildman–Crippen MR) is 64.7 cm³/mol. The maximum Gasteiger partial charge on any atom is 0.123 e. The molecule has 1 saturated heterocycles. The molecule has 1 fully saturated rings. The van der Waals surface area contributed by atoms with Crippen molar-refractivity contribution < 1.29 is 0 Å². The van der Waals surface area contributed by atoms with Gasteiger partial charge >= 0.3 is 0 Å². The molecule has 2 heterocycles. The van der Waals surface area contributed by atoms with E-state index in [0.29, 0.717) is 12.1 Å². The molecule has 16 heavy (non-hydrogen) atoms. The lowest BCUT2D eigenvalue weighted by Gasteiger charge is -2.39. The highest BCUT2D eigenvalue weighted by atomic mass is 15.5. The van der Waals surface area contributed by atoms with Crippen molar-refractivity contribution >= 4 is 0 Å². The Balaban J connectivity index is 1.91. The molecule has 1 aliphatic heterocycles. The van der Waals surface area contributed by atoms with Gasteiger partial charge in [-0.05, 0) is 26.7 Å². The normalized spacial score (nSPS) is 27.2. The minimum atomic E-state index is 0.629. The zero-order chi connectivity index (χ0) is 11.5. The molecule has 1 aromatic heterocycles. The van der Waals surface area contributed by atoms with Gasteiger partial charge < -0.3 is 4.57 Å². The summed E-state index contributed by atoms with van der Waals surface area (Å²) in [4.78, 5) is 4.32. The summed E-state index contributed by atoms with van der Waals surface area (Å²) < 4.78 is 2.06. The molecule has 0 spiro atoms. The molecule has 0 aromatic carbocycles. The molecule has 0 radical (unpaired) electrons. The van der Waals surface area contributed by atoms with Gasteiger partial charge in [-0.3, -0.25) is 0 Å². The van der Waals surface area contributed by atoms with Gasteiger partial charge in [0.05, 0.1) is 6.54 Å². The number of nitrogens with one attached hydrogen (secondary N) is 1. The Morgan fingerprint density at radius 3 is 2.62 bits per heavy atom. The first-order valence-electron chi connectivity index (χ1n) is 6.16. The summed E-state index contributed by atoms with van der Waals surface area (Å²) in [7, 11) is 2.03. The molecular weight excluding hydrogens is 200 g/mol. The zero-order valence-electron chi connectivity index (χ0n) is 10.5. The van der Waals surface area contributed by atoms with E-state index in [2.05, 4.69) is 33.8 Å². The van der Waals surface area contributed by atoms with E-state index in [9.17, 15) is 0 Å². The van der Waals surface area contributed by atoms with Crippen molar-refractivity contribution in [1.29, 1.82) is 0 Å². The Morgan fingerprint density at radius 1 is 1.38 bits per heavy atom. The molecule has 0 amide bonds. The molecule has 1 aromatic rings.